The highest BCUT2D eigenvalue weighted by Gasteiger charge is 2.02. The van der Waals surface area contributed by atoms with Gasteiger partial charge in [0.25, 0.3) is 0 Å². The van der Waals surface area contributed by atoms with E-state index in [0.29, 0.717) is 13.1 Å². The van der Waals surface area contributed by atoms with Gasteiger partial charge in [0.2, 0.25) is 0 Å². The number of hydrogen-bond donors (Lipinski definition) is 2. The Morgan fingerprint density at radius 2 is 2.12 bits per heavy atom. The summed E-state index contributed by atoms with van der Waals surface area (Å²) in [6.45, 7) is 8.56. The summed E-state index contributed by atoms with van der Waals surface area (Å²) < 4.78 is 7.21. The van der Waals surface area contributed by atoms with Crippen molar-refractivity contribution in [1.82, 2.24) is 25.4 Å². The van der Waals surface area contributed by atoms with Gasteiger partial charge in [0.15, 0.2) is 5.96 Å². The van der Waals surface area contributed by atoms with Gasteiger partial charge in [-0.3, -0.25) is 0 Å². The Kier molecular flexibility index (Phi) is 7.49. The van der Waals surface area contributed by atoms with Crippen LogP contribution in [0.1, 0.15) is 18.3 Å². The first-order chi connectivity index (χ1) is 12.3. The average molecular weight is 342 g/mol. The standard InChI is InChI=1S/C18H26N6O/c1-4-10-19-18(20-11-12-24-14-22-23-17(24)5-2)21-13-15-6-8-16(25-3)9-7-15/h4,6-9,14H,1,5,10-13H2,2-3H3,(H2,19,20,21). The van der Waals surface area contributed by atoms with E-state index in [2.05, 4.69) is 39.3 Å². The summed E-state index contributed by atoms with van der Waals surface area (Å²) in [6.07, 6.45) is 4.43. The molecule has 2 rings (SSSR count). The highest BCUT2D eigenvalue weighted by molar-refractivity contribution is 5.79. The number of nitrogens with zero attached hydrogens (tertiary/aromatic N) is 4. The summed E-state index contributed by atoms with van der Waals surface area (Å²) in [6, 6.07) is 7.90. The third kappa shape index (κ3) is 5.95. The first kappa shape index (κ1) is 18.5. The molecule has 2 N–H and O–H groups in total. The highest BCUT2D eigenvalue weighted by Crippen LogP contribution is 2.11. The second-order valence-corrected chi connectivity index (χ2v) is 5.40. The van der Waals surface area contributed by atoms with Crippen molar-refractivity contribution in [3.05, 3.63) is 54.6 Å². The van der Waals surface area contributed by atoms with Crippen LogP contribution in [0.3, 0.4) is 0 Å². The molecule has 7 heteroatoms. The molecule has 0 bridgehead atoms. The number of aryl methyl sites for hydroxylation is 1. The maximum Gasteiger partial charge on any atom is 0.191 e. The van der Waals surface area contributed by atoms with E-state index in [4.69, 9.17) is 4.74 Å². The Balaban J connectivity index is 1.91. The number of aromatic nitrogens is 3. The monoisotopic (exact) mass is 342 g/mol. The maximum atomic E-state index is 5.17. The van der Waals surface area contributed by atoms with Crippen LogP contribution < -0.4 is 15.4 Å². The van der Waals surface area contributed by atoms with Gasteiger partial charge in [0.05, 0.1) is 13.7 Å². The summed E-state index contributed by atoms with van der Waals surface area (Å²) in [4.78, 5) is 4.61. The molecule has 0 saturated heterocycles. The van der Waals surface area contributed by atoms with Crippen LogP contribution >= 0.6 is 0 Å². The smallest absolute Gasteiger partial charge is 0.191 e. The predicted molar refractivity (Wildman–Crippen MR) is 99.7 cm³/mol. The van der Waals surface area contributed by atoms with Gasteiger partial charge in [0, 0.05) is 26.1 Å². The molecule has 0 aliphatic rings. The molecule has 0 aliphatic heterocycles. The number of nitrogens with one attached hydrogen (secondary N) is 2. The number of ether oxygens (including phenoxy) is 1. The Labute approximate surface area is 148 Å². The lowest BCUT2D eigenvalue weighted by molar-refractivity contribution is 0.414. The summed E-state index contributed by atoms with van der Waals surface area (Å²) in [7, 11) is 1.66. The minimum absolute atomic E-state index is 0.587. The third-order valence-corrected chi connectivity index (χ3v) is 3.65. The summed E-state index contributed by atoms with van der Waals surface area (Å²) >= 11 is 0. The number of guanidine groups is 1. The maximum absolute atomic E-state index is 5.17. The molecular weight excluding hydrogens is 316 g/mol. The molecule has 134 valence electrons. The molecule has 0 radical (unpaired) electrons. The quantitative estimate of drug-likeness (QED) is 0.413. The number of aliphatic imine (C=N–C) groups is 1. The van der Waals surface area contributed by atoms with E-state index in [0.717, 1.165) is 42.6 Å². The van der Waals surface area contributed by atoms with Crippen LogP contribution in [0.2, 0.25) is 0 Å². The summed E-state index contributed by atoms with van der Waals surface area (Å²) in [5.41, 5.74) is 1.12. The minimum Gasteiger partial charge on any atom is -0.497 e. The Bertz CT molecular complexity index is 677. The minimum atomic E-state index is 0.587. The number of methoxy groups -OCH3 is 1. The predicted octanol–water partition coefficient (Wildman–Crippen LogP) is 1.77. The Hall–Kier alpha value is -2.83. The summed E-state index contributed by atoms with van der Waals surface area (Å²) in [5, 5.41) is 14.6. The Morgan fingerprint density at radius 1 is 1.32 bits per heavy atom. The zero-order valence-electron chi connectivity index (χ0n) is 14.9. The SMILES string of the molecule is C=CCNC(=NCc1ccc(OC)cc1)NCCn1cnnc1CC. The van der Waals surface area contributed by atoms with Gasteiger partial charge < -0.3 is 19.9 Å². The molecule has 0 spiro atoms. The molecule has 0 unspecified atom stereocenters. The van der Waals surface area contributed by atoms with Gasteiger partial charge in [-0.05, 0) is 17.7 Å². The lowest BCUT2D eigenvalue weighted by Crippen LogP contribution is -2.39. The fraction of sp³-hybridized carbons (Fsp3) is 0.389. The van der Waals surface area contributed by atoms with Crippen molar-refractivity contribution in [1.29, 1.82) is 0 Å². The van der Waals surface area contributed by atoms with Crippen LogP contribution in [0.15, 0.2) is 48.2 Å². The molecular formula is C18H26N6O. The summed E-state index contributed by atoms with van der Waals surface area (Å²) in [5.74, 6) is 2.58. The van der Waals surface area contributed by atoms with E-state index >= 15 is 0 Å². The molecule has 0 amide bonds. The van der Waals surface area contributed by atoms with Gasteiger partial charge in [-0.25, -0.2) is 4.99 Å². The molecule has 1 heterocycles. The van der Waals surface area contributed by atoms with Crippen molar-refractivity contribution in [3.8, 4) is 5.75 Å². The van der Waals surface area contributed by atoms with Crippen LogP contribution in [-0.2, 0) is 19.5 Å². The lowest BCUT2D eigenvalue weighted by atomic mass is 10.2. The molecule has 25 heavy (non-hydrogen) atoms. The van der Waals surface area contributed by atoms with E-state index in [1.807, 2.05) is 28.8 Å². The molecule has 0 atom stereocenters. The van der Waals surface area contributed by atoms with Crippen molar-refractivity contribution in [3.63, 3.8) is 0 Å². The van der Waals surface area contributed by atoms with E-state index < -0.39 is 0 Å². The van der Waals surface area contributed by atoms with Crippen LogP contribution in [0.5, 0.6) is 5.75 Å². The van der Waals surface area contributed by atoms with Gasteiger partial charge in [-0.1, -0.05) is 25.1 Å². The van der Waals surface area contributed by atoms with Gasteiger partial charge >= 0.3 is 0 Å². The largest absolute Gasteiger partial charge is 0.497 e. The van der Waals surface area contributed by atoms with Crippen molar-refractivity contribution < 1.29 is 4.74 Å². The van der Waals surface area contributed by atoms with E-state index in [-0.39, 0.29) is 0 Å². The fourth-order valence-electron chi connectivity index (χ4n) is 2.28. The van der Waals surface area contributed by atoms with Crippen molar-refractivity contribution in [2.45, 2.75) is 26.4 Å². The normalized spacial score (nSPS) is 11.2. The van der Waals surface area contributed by atoms with E-state index in [1.165, 1.54) is 0 Å². The van der Waals surface area contributed by atoms with Crippen LogP contribution in [-0.4, -0.2) is 40.9 Å². The fourth-order valence-corrected chi connectivity index (χ4v) is 2.28. The lowest BCUT2D eigenvalue weighted by Gasteiger charge is -2.12. The number of rotatable bonds is 9. The molecule has 7 nitrogen and oxygen atoms in total. The first-order valence-corrected chi connectivity index (χ1v) is 8.39. The number of hydrogen-bond acceptors (Lipinski definition) is 4. The van der Waals surface area contributed by atoms with E-state index in [9.17, 15) is 0 Å². The second-order valence-electron chi connectivity index (χ2n) is 5.40. The van der Waals surface area contributed by atoms with Crippen molar-refractivity contribution >= 4 is 5.96 Å². The van der Waals surface area contributed by atoms with Gasteiger partial charge in [-0.2, -0.15) is 0 Å². The zero-order chi connectivity index (χ0) is 17.9. The van der Waals surface area contributed by atoms with Crippen LogP contribution in [0.4, 0.5) is 0 Å². The first-order valence-electron chi connectivity index (χ1n) is 8.39. The van der Waals surface area contributed by atoms with Gasteiger partial charge in [-0.15, -0.1) is 16.8 Å². The molecule has 0 saturated carbocycles. The van der Waals surface area contributed by atoms with Crippen LogP contribution in [0, 0.1) is 0 Å². The second kappa shape index (κ2) is 10.1. The van der Waals surface area contributed by atoms with E-state index in [1.54, 1.807) is 19.5 Å². The molecule has 1 aromatic carbocycles. The molecule has 0 fully saturated rings. The van der Waals surface area contributed by atoms with Crippen molar-refractivity contribution in [2.24, 2.45) is 4.99 Å². The molecule has 1 aromatic heterocycles. The van der Waals surface area contributed by atoms with Crippen LogP contribution in [0.25, 0.3) is 0 Å². The van der Waals surface area contributed by atoms with Crippen molar-refractivity contribution in [2.75, 3.05) is 20.2 Å². The topological polar surface area (TPSA) is 76.4 Å². The third-order valence-electron chi connectivity index (χ3n) is 3.65. The molecule has 2 aromatic rings. The van der Waals surface area contributed by atoms with Gasteiger partial charge in [0.1, 0.15) is 17.9 Å². The average Bonchev–Trinajstić information content (AvgIpc) is 3.11. The Morgan fingerprint density at radius 3 is 2.80 bits per heavy atom. The highest BCUT2D eigenvalue weighted by atomic mass is 16.5. The number of benzene rings is 1. The zero-order valence-corrected chi connectivity index (χ0v) is 14.9. The molecule has 0 aliphatic carbocycles.